The Morgan fingerprint density at radius 1 is 1.24 bits per heavy atom. The highest BCUT2D eigenvalue weighted by Crippen LogP contribution is 1.98. The molecule has 0 atom stereocenters. The highest BCUT2D eigenvalue weighted by atomic mass is 16.2. The van der Waals surface area contributed by atoms with Gasteiger partial charge in [-0.25, -0.2) is 0 Å². The molecule has 0 aliphatic rings. The van der Waals surface area contributed by atoms with Crippen LogP contribution in [-0.2, 0) is 4.79 Å². The van der Waals surface area contributed by atoms with Gasteiger partial charge in [-0.2, -0.15) is 0 Å². The minimum Gasteiger partial charge on any atom is -0.350 e. The van der Waals surface area contributed by atoms with Crippen molar-refractivity contribution in [2.45, 2.75) is 26.3 Å². The van der Waals surface area contributed by atoms with Crippen molar-refractivity contribution in [1.82, 2.24) is 15.6 Å². The molecular weight excluding hydrogens is 218 g/mol. The molecule has 0 spiro atoms. The largest absolute Gasteiger partial charge is 0.350 e. The van der Waals surface area contributed by atoms with Crippen LogP contribution in [0.25, 0.3) is 0 Å². The molecule has 1 aromatic heterocycles. The lowest BCUT2D eigenvalue weighted by Gasteiger charge is -2.20. The summed E-state index contributed by atoms with van der Waals surface area (Å²) in [5.41, 5.74) is 0.196. The van der Waals surface area contributed by atoms with Gasteiger partial charge < -0.3 is 10.6 Å². The summed E-state index contributed by atoms with van der Waals surface area (Å²) in [6, 6.07) is 3.19. The number of amides is 2. The topological polar surface area (TPSA) is 71.1 Å². The molecule has 0 unspecified atom stereocenters. The first-order valence-electron chi connectivity index (χ1n) is 5.38. The van der Waals surface area contributed by atoms with Crippen molar-refractivity contribution in [2.75, 3.05) is 6.54 Å². The number of rotatable bonds is 3. The van der Waals surface area contributed by atoms with Crippen molar-refractivity contribution >= 4 is 11.8 Å². The maximum atomic E-state index is 11.6. The summed E-state index contributed by atoms with van der Waals surface area (Å²) in [5, 5.41) is 5.30. The number of nitrogens with zero attached hydrogens (tertiary/aromatic N) is 1. The number of carbonyl (C=O) groups excluding carboxylic acids is 2. The molecule has 1 heterocycles. The molecule has 5 heteroatoms. The van der Waals surface area contributed by atoms with E-state index in [1.54, 1.807) is 12.1 Å². The van der Waals surface area contributed by atoms with Gasteiger partial charge in [0, 0.05) is 23.5 Å². The van der Waals surface area contributed by atoms with Crippen LogP contribution in [0, 0.1) is 0 Å². The lowest BCUT2D eigenvalue weighted by Crippen LogP contribution is -2.45. The molecule has 1 aromatic rings. The number of nitrogens with one attached hydrogen (secondary N) is 2. The van der Waals surface area contributed by atoms with E-state index in [0.29, 0.717) is 5.56 Å². The van der Waals surface area contributed by atoms with E-state index in [0.717, 1.165) is 0 Å². The van der Waals surface area contributed by atoms with Gasteiger partial charge in [-0.15, -0.1) is 0 Å². The molecule has 0 saturated carbocycles. The lowest BCUT2D eigenvalue weighted by atomic mass is 10.1. The lowest BCUT2D eigenvalue weighted by molar-refractivity contribution is -0.121. The zero-order valence-corrected chi connectivity index (χ0v) is 10.3. The van der Waals surface area contributed by atoms with Crippen LogP contribution < -0.4 is 10.6 Å². The minimum absolute atomic E-state index is 0.0293. The molecule has 2 N–H and O–H groups in total. The summed E-state index contributed by atoms with van der Waals surface area (Å²) in [7, 11) is 0. The van der Waals surface area contributed by atoms with Crippen molar-refractivity contribution in [3.8, 4) is 0 Å². The third-order valence-corrected chi connectivity index (χ3v) is 1.87. The average molecular weight is 235 g/mol. The molecule has 0 aromatic carbocycles. The van der Waals surface area contributed by atoms with Gasteiger partial charge in [0.2, 0.25) is 5.91 Å². The molecule has 0 fully saturated rings. The Morgan fingerprint density at radius 2 is 1.82 bits per heavy atom. The second-order valence-corrected chi connectivity index (χ2v) is 4.72. The number of pyridine rings is 1. The number of hydrogen-bond donors (Lipinski definition) is 2. The molecule has 17 heavy (non-hydrogen) atoms. The van der Waals surface area contributed by atoms with E-state index in [-0.39, 0.29) is 23.9 Å². The van der Waals surface area contributed by atoms with Gasteiger partial charge in [0.25, 0.3) is 5.91 Å². The minimum atomic E-state index is -0.293. The van der Waals surface area contributed by atoms with E-state index in [1.807, 2.05) is 20.8 Å². The molecule has 0 aliphatic heterocycles. The van der Waals surface area contributed by atoms with E-state index in [2.05, 4.69) is 15.6 Å². The van der Waals surface area contributed by atoms with Gasteiger partial charge in [0.1, 0.15) is 0 Å². The van der Waals surface area contributed by atoms with Gasteiger partial charge in [-0.3, -0.25) is 14.6 Å². The second-order valence-electron chi connectivity index (χ2n) is 4.72. The van der Waals surface area contributed by atoms with Crippen molar-refractivity contribution in [1.29, 1.82) is 0 Å². The normalized spacial score (nSPS) is 10.8. The standard InChI is InChI=1S/C12H17N3O2/c1-12(2,3)15-10(16)8-14-11(17)9-4-6-13-7-5-9/h4-7H,8H2,1-3H3,(H,14,17)(H,15,16). The predicted octanol–water partition coefficient (Wildman–Crippen LogP) is 0.726. The Kier molecular flexibility index (Phi) is 4.20. The van der Waals surface area contributed by atoms with Crippen LogP contribution in [0.3, 0.4) is 0 Å². The summed E-state index contributed by atoms with van der Waals surface area (Å²) in [4.78, 5) is 26.9. The molecule has 0 bridgehead atoms. The third-order valence-electron chi connectivity index (χ3n) is 1.87. The fourth-order valence-electron chi connectivity index (χ4n) is 1.23. The summed E-state index contributed by atoms with van der Waals surface area (Å²) in [6.07, 6.45) is 3.06. The van der Waals surface area contributed by atoms with Crippen LogP contribution in [0.4, 0.5) is 0 Å². The molecule has 0 aliphatic carbocycles. The smallest absolute Gasteiger partial charge is 0.251 e. The monoisotopic (exact) mass is 235 g/mol. The summed E-state index contributed by atoms with van der Waals surface area (Å²) in [5.74, 6) is -0.489. The first-order valence-corrected chi connectivity index (χ1v) is 5.38. The van der Waals surface area contributed by atoms with E-state index in [9.17, 15) is 9.59 Å². The van der Waals surface area contributed by atoms with Crippen LogP contribution in [0.2, 0.25) is 0 Å². The second kappa shape index (κ2) is 5.43. The number of carbonyl (C=O) groups is 2. The average Bonchev–Trinajstić information content (AvgIpc) is 2.25. The zero-order chi connectivity index (χ0) is 12.9. The molecule has 5 nitrogen and oxygen atoms in total. The van der Waals surface area contributed by atoms with Crippen molar-refractivity contribution in [2.24, 2.45) is 0 Å². The van der Waals surface area contributed by atoms with Gasteiger partial charge in [-0.1, -0.05) is 0 Å². The fraction of sp³-hybridized carbons (Fsp3) is 0.417. The molecule has 2 amide bonds. The maximum absolute atomic E-state index is 11.6. The van der Waals surface area contributed by atoms with Crippen LogP contribution in [-0.4, -0.2) is 28.9 Å². The van der Waals surface area contributed by atoms with Crippen molar-refractivity contribution in [3.63, 3.8) is 0 Å². The van der Waals surface area contributed by atoms with E-state index in [1.165, 1.54) is 12.4 Å². The van der Waals surface area contributed by atoms with Gasteiger partial charge in [0.05, 0.1) is 6.54 Å². The van der Waals surface area contributed by atoms with Gasteiger partial charge in [-0.05, 0) is 32.9 Å². The fourth-order valence-corrected chi connectivity index (χ4v) is 1.23. The van der Waals surface area contributed by atoms with Gasteiger partial charge >= 0.3 is 0 Å². The highest BCUT2D eigenvalue weighted by molar-refractivity contribution is 5.96. The molecule has 0 radical (unpaired) electrons. The Morgan fingerprint density at radius 3 is 2.35 bits per heavy atom. The molecule has 1 rings (SSSR count). The summed E-state index contributed by atoms with van der Waals surface area (Å²) >= 11 is 0. The Labute approximate surface area is 101 Å². The predicted molar refractivity (Wildman–Crippen MR) is 64.5 cm³/mol. The first-order chi connectivity index (χ1) is 7.88. The number of aromatic nitrogens is 1. The third kappa shape index (κ3) is 5.10. The highest BCUT2D eigenvalue weighted by Gasteiger charge is 2.14. The van der Waals surface area contributed by atoms with E-state index >= 15 is 0 Å². The van der Waals surface area contributed by atoms with Crippen molar-refractivity contribution < 1.29 is 9.59 Å². The maximum Gasteiger partial charge on any atom is 0.251 e. The van der Waals surface area contributed by atoms with E-state index < -0.39 is 0 Å². The van der Waals surface area contributed by atoms with Crippen molar-refractivity contribution in [3.05, 3.63) is 30.1 Å². The number of hydrogen-bond acceptors (Lipinski definition) is 3. The molecule has 92 valence electrons. The Bertz CT molecular complexity index is 396. The van der Waals surface area contributed by atoms with Crippen LogP contribution in [0.1, 0.15) is 31.1 Å². The van der Waals surface area contributed by atoms with Crippen LogP contribution in [0.15, 0.2) is 24.5 Å². The molecular formula is C12H17N3O2. The Hall–Kier alpha value is -1.91. The van der Waals surface area contributed by atoms with E-state index in [4.69, 9.17) is 0 Å². The Balaban J connectivity index is 2.42. The zero-order valence-electron chi connectivity index (χ0n) is 10.3. The van der Waals surface area contributed by atoms with Crippen LogP contribution >= 0.6 is 0 Å². The quantitative estimate of drug-likeness (QED) is 0.811. The SMILES string of the molecule is CC(C)(C)NC(=O)CNC(=O)c1ccncc1. The summed E-state index contributed by atoms with van der Waals surface area (Å²) < 4.78 is 0. The van der Waals surface area contributed by atoms with Gasteiger partial charge in [0.15, 0.2) is 0 Å². The summed E-state index contributed by atoms with van der Waals surface area (Å²) in [6.45, 7) is 5.62. The van der Waals surface area contributed by atoms with Crippen LogP contribution in [0.5, 0.6) is 0 Å². The first kappa shape index (κ1) is 13.2. The molecule has 0 saturated heterocycles.